The number of nitrogens with two attached hydrogens (primary N) is 1. The molecule has 0 saturated heterocycles. The maximum absolute atomic E-state index is 13.2. The molecular formula is C21H21F3N4S. The number of nitrogen functional groups attached to an aromatic ring is 1. The lowest BCUT2D eigenvalue weighted by molar-refractivity contribution is -0.138. The highest BCUT2D eigenvalue weighted by atomic mass is 32.2. The molecule has 3 rings (SSSR count). The van der Waals surface area contributed by atoms with E-state index in [2.05, 4.69) is 39.6 Å². The monoisotopic (exact) mass is 418 g/mol. The fourth-order valence-electron chi connectivity index (χ4n) is 3.04. The van der Waals surface area contributed by atoms with Gasteiger partial charge in [-0.2, -0.15) is 18.2 Å². The second-order valence-electron chi connectivity index (χ2n) is 6.50. The first-order chi connectivity index (χ1) is 13.8. The third kappa shape index (κ3) is 5.20. The number of nitrogens with zero attached hydrogens (tertiary/aromatic N) is 2. The molecule has 0 saturated carbocycles. The Balaban J connectivity index is 1.78. The summed E-state index contributed by atoms with van der Waals surface area (Å²) in [5, 5.41) is 3.18. The van der Waals surface area contributed by atoms with Gasteiger partial charge in [0.2, 0.25) is 5.95 Å². The number of anilines is 2. The van der Waals surface area contributed by atoms with Gasteiger partial charge in [0.25, 0.3) is 0 Å². The highest BCUT2D eigenvalue weighted by Crippen LogP contribution is 2.36. The van der Waals surface area contributed by atoms with Crippen molar-refractivity contribution in [3.8, 4) is 11.3 Å². The van der Waals surface area contributed by atoms with Gasteiger partial charge in [0.1, 0.15) is 5.82 Å². The third-order valence-corrected chi connectivity index (χ3v) is 5.28. The Bertz CT molecular complexity index is 988. The zero-order valence-corrected chi connectivity index (χ0v) is 16.9. The van der Waals surface area contributed by atoms with Crippen LogP contribution in [0.25, 0.3) is 11.3 Å². The van der Waals surface area contributed by atoms with Gasteiger partial charge in [0.05, 0.1) is 11.3 Å². The Labute approximate surface area is 171 Å². The molecule has 29 heavy (non-hydrogen) atoms. The number of alkyl halides is 3. The summed E-state index contributed by atoms with van der Waals surface area (Å²) in [7, 11) is 0. The Morgan fingerprint density at radius 3 is 2.45 bits per heavy atom. The third-order valence-electron chi connectivity index (χ3n) is 4.54. The predicted octanol–water partition coefficient (Wildman–Crippen LogP) is 5.43. The fraction of sp³-hybridized carbons (Fsp3) is 0.238. The number of hydrogen-bond acceptors (Lipinski definition) is 5. The quantitative estimate of drug-likeness (QED) is 0.523. The summed E-state index contributed by atoms with van der Waals surface area (Å²) in [6.45, 7) is 2.04. The number of hydrogen-bond donors (Lipinski definition) is 2. The van der Waals surface area contributed by atoms with Crippen molar-refractivity contribution in [2.45, 2.75) is 24.4 Å². The summed E-state index contributed by atoms with van der Waals surface area (Å²) in [6, 6.07) is 13.9. The molecule has 0 atom stereocenters. The van der Waals surface area contributed by atoms with Crippen molar-refractivity contribution in [2.24, 2.45) is 0 Å². The smallest absolute Gasteiger partial charge is 0.370 e. The van der Waals surface area contributed by atoms with Crippen molar-refractivity contribution in [1.29, 1.82) is 0 Å². The molecule has 0 aliphatic rings. The van der Waals surface area contributed by atoms with Crippen LogP contribution in [0.3, 0.4) is 0 Å². The summed E-state index contributed by atoms with van der Waals surface area (Å²) in [4.78, 5) is 9.48. The SMILES string of the molecule is CSc1ccc(CCNc2cc(-c3cccc(C(F)(F)F)c3C)nc(N)n2)cc1. The van der Waals surface area contributed by atoms with Crippen LogP contribution in [0, 0.1) is 6.92 Å². The average molecular weight is 418 g/mol. The number of benzene rings is 2. The first kappa shape index (κ1) is 21.0. The van der Waals surface area contributed by atoms with Crippen LogP contribution in [0.1, 0.15) is 16.7 Å². The van der Waals surface area contributed by atoms with Crippen LogP contribution in [-0.2, 0) is 12.6 Å². The maximum atomic E-state index is 13.2. The van der Waals surface area contributed by atoms with E-state index in [0.29, 0.717) is 23.6 Å². The first-order valence-corrected chi connectivity index (χ1v) is 10.2. The molecule has 0 spiro atoms. The van der Waals surface area contributed by atoms with Crippen molar-refractivity contribution >= 4 is 23.5 Å². The van der Waals surface area contributed by atoms with Gasteiger partial charge in [-0.3, -0.25) is 0 Å². The van der Waals surface area contributed by atoms with Crippen molar-refractivity contribution < 1.29 is 13.2 Å². The Kier molecular flexibility index (Phi) is 6.32. The summed E-state index contributed by atoms with van der Waals surface area (Å²) in [5.41, 5.74) is 7.13. The summed E-state index contributed by atoms with van der Waals surface area (Å²) >= 11 is 1.69. The molecule has 0 aliphatic heterocycles. The van der Waals surface area contributed by atoms with Gasteiger partial charge in [-0.1, -0.05) is 24.3 Å². The largest absolute Gasteiger partial charge is 0.416 e. The normalized spacial score (nSPS) is 11.5. The molecule has 1 heterocycles. The predicted molar refractivity (Wildman–Crippen MR) is 112 cm³/mol. The average Bonchev–Trinajstić information content (AvgIpc) is 2.67. The minimum absolute atomic E-state index is 0.00568. The lowest BCUT2D eigenvalue weighted by Crippen LogP contribution is -2.10. The van der Waals surface area contributed by atoms with E-state index in [9.17, 15) is 13.2 Å². The van der Waals surface area contributed by atoms with Crippen molar-refractivity contribution in [2.75, 3.05) is 23.9 Å². The second-order valence-corrected chi connectivity index (χ2v) is 7.38. The maximum Gasteiger partial charge on any atom is 0.416 e. The molecule has 0 unspecified atom stereocenters. The number of halogens is 3. The van der Waals surface area contributed by atoms with Crippen LogP contribution < -0.4 is 11.1 Å². The molecule has 0 fully saturated rings. The van der Waals surface area contributed by atoms with E-state index in [0.717, 1.165) is 12.5 Å². The Hall–Kier alpha value is -2.74. The molecular weight excluding hydrogens is 397 g/mol. The van der Waals surface area contributed by atoms with Gasteiger partial charge in [0, 0.05) is 23.1 Å². The molecule has 8 heteroatoms. The fourth-order valence-corrected chi connectivity index (χ4v) is 3.45. The lowest BCUT2D eigenvalue weighted by atomic mass is 9.99. The summed E-state index contributed by atoms with van der Waals surface area (Å²) in [5.74, 6) is 0.483. The van der Waals surface area contributed by atoms with Crippen LogP contribution in [0.15, 0.2) is 53.4 Å². The molecule has 0 bridgehead atoms. The van der Waals surface area contributed by atoms with E-state index < -0.39 is 11.7 Å². The standard InChI is InChI=1S/C21H21F3N4S/c1-13-16(4-3-5-17(13)21(22,23)24)18-12-19(28-20(25)27-18)26-11-10-14-6-8-15(29-2)9-7-14/h3-9,12H,10-11H2,1-2H3,(H3,25,26,27,28). The Morgan fingerprint density at radius 1 is 1.07 bits per heavy atom. The van der Waals surface area contributed by atoms with E-state index in [1.165, 1.54) is 23.4 Å². The van der Waals surface area contributed by atoms with E-state index in [1.54, 1.807) is 23.9 Å². The van der Waals surface area contributed by atoms with Crippen molar-refractivity contribution in [3.05, 3.63) is 65.2 Å². The topological polar surface area (TPSA) is 63.8 Å². The zero-order valence-electron chi connectivity index (χ0n) is 16.0. The van der Waals surface area contributed by atoms with E-state index >= 15 is 0 Å². The molecule has 1 aromatic heterocycles. The van der Waals surface area contributed by atoms with Crippen LogP contribution in [0.4, 0.5) is 24.9 Å². The number of rotatable bonds is 6. The zero-order chi connectivity index (χ0) is 21.0. The number of nitrogens with one attached hydrogen (secondary N) is 1. The van der Waals surface area contributed by atoms with Gasteiger partial charge >= 0.3 is 6.18 Å². The van der Waals surface area contributed by atoms with Gasteiger partial charge < -0.3 is 11.1 Å². The van der Waals surface area contributed by atoms with E-state index in [4.69, 9.17) is 5.73 Å². The molecule has 2 aromatic carbocycles. The first-order valence-electron chi connectivity index (χ1n) is 8.96. The van der Waals surface area contributed by atoms with Gasteiger partial charge in [-0.15, -0.1) is 11.8 Å². The van der Waals surface area contributed by atoms with Gasteiger partial charge in [-0.25, -0.2) is 4.98 Å². The minimum Gasteiger partial charge on any atom is -0.370 e. The van der Waals surface area contributed by atoms with E-state index in [-0.39, 0.29) is 11.5 Å². The molecule has 0 radical (unpaired) electrons. The second kappa shape index (κ2) is 8.73. The summed E-state index contributed by atoms with van der Waals surface area (Å²) < 4.78 is 39.6. The number of thioether (sulfide) groups is 1. The highest BCUT2D eigenvalue weighted by molar-refractivity contribution is 7.98. The van der Waals surface area contributed by atoms with E-state index in [1.807, 2.05) is 6.26 Å². The van der Waals surface area contributed by atoms with Gasteiger partial charge in [-0.05, 0) is 48.9 Å². The van der Waals surface area contributed by atoms with Crippen molar-refractivity contribution in [1.82, 2.24) is 9.97 Å². The summed E-state index contributed by atoms with van der Waals surface area (Å²) in [6.07, 6.45) is -1.62. The molecule has 0 aliphatic carbocycles. The molecule has 3 N–H and O–H groups in total. The minimum atomic E-state index is -4.43. The van der Waals surface area contributed by atoms with Gasteiger partial charge in [0.15, 0.2) is 0 Å². The molecule has 0 amide bonds. The lowest BCUT2D eigenvalue weighted by Gasteiger charge is -2.14. The number of aromatic nitrogens is 2. The molecule has 4 nitrogen and oxygen atoms in total. The van der Waals surface area contributed by atoms with Crippen LogP contribution >= 0.6 is 11.8 Å². The van der Waals surface area contributed by atoms with Crippen LogP contribution in [-0.4, -0.2) is 22.8 Å². The molecule has 3 aromatic rings. The van der Waals surface area contributed by atoms with Crippen LogP contribution in [0.2, 0.25) is 0 Å². The Morgan fingerprint density at radius 2 is 1.79 bits per heavy atom. The van der Waals surface area contributed by atoms with Crippen molar-refractivity contribution in [3.63, 3.8) is 0 Å². The molecule has 152 valence electrons. The highest BCUT2D eigenvalue weighted by Gasteiger charge is 2.33. The van der Waals surface area contributed by atoms with Crippen LogP contribution in [0.5, 0.6) is 0 Å².